The van der Waals surface area contributed by atoms with E-state index in [0.717, 1.165) is 9.87 Å². The first-order valence-corrected chi connectivity index (χ1v) is 14.2. The van der Waals surface area contributed by atoms with Crippen LogP contribution in [0.3, 0.4) is 0 Å². The molecule has 0 saturated carbocycles. The highest BCUT2D eigenvalue weighted by Crippen LogP contribution is 2.24. The fourth-order valence-corrected chi connectivity index (χ4v) is 5.63. The first-order chi connectivity index (χ1) is 18.0. The molecule has 1 atom stereocenters. The smallest absolute Gasteiger partial charge is 0.264 e. The number of benzene rings is 3. The molecule has 0 aliphatic heterocycles. The van der Waals surface area contributed by atoms with Gasteiger partial charge in [-0.2, -0.15) is 0 Å². The van der Waals surface area contributed by atoms with Crippen molar-refractivity contribution in [2.24, 2.45) is 0 Å². The van der Waals surface area contributed by atoms with E-state index >= 15 is 0 Å². The van der Waals surface area contributed by atoms with Crippen molar-refractivity contribution in [2.75, 3.05) is 17.4 Å². The highest BCUT2D eigenvalue weighted by Gasteiger charge is 2.34. The third kappa shape index (κ3) is 7.68. The maximum Gasteiger partial charge on any atom is 0.264 e. The molecule has 0 aliphatic carbocycles. The van der Waals surface area contributed by atoms with E-state index in [1.165, 1.54) is 17.0 Å². The standard InChI is InChI=1S/C30H37N3O4S/c1-5-27(29(35)31-30(2,3)4)32(22-21-24-15-9-6-10-16-24)28(34)23-33(25-17-11-7-12-18-25)38(36,37)26-19-13-8-14-20-26/h6-20,27H,5,21-23H2,1-4H3,(H,31,35)/t27-/m1/s1. The van der Waals surface area contributed by atoms with Crippen LogP contribution in [0, 0.1) is 0 Å². The molecule has 1 N–H and O–H groups in total. The van der Waals surface area contributed by atoms with Crippen LogP contribution in [0.2, 0.25) is 0 Å². The Balaban J connectivity index is 1.98. The van der Waals surface area contributed by atoms with Crippen molar-refractivity contribution in [2.45, 2.75) is 57.0 Å². The molecule has 0 aliphatic rings. The van der Waals surface area contributed by atoms with E-state index < -0.39 is 34.1 Å². The van der Waals surface area contributed by atoms with Crippen molar-refractivity contribution < 1.29 is 18.0 Å². The fourth-order valence-electron chi connectivity index (χ4n) is 4.19. The van der Waals surface area contributed by atoms with Crippen LogP contribution in [0.15, 0.2) is 95.9 Å². The number of hydrogen-bond donors (Lipinski definition) is 1. The molecule has 3 rings (SSSR count). The minimum absolute atomic E-state index is 0.0880. The summed E-state index contributed by atoms with van der Waals surface area (Å²) < 4.78 is 28.5. The van der Waals surface area contributed by atoms with Crippen molar-refractivity contribution in [3.05, 3.63) is 96.6 Å². The summed E-state index contributed by atoms with van der Waals surface area (Å²) in [6.45, 7) is 7.35. The Bertz CT molecular complexity index is 1290. The van der Waals surface area contributed by atoms with Gasteiger partial charge in [0.25, 0.3) is 10.0 Å². The summed E-state index contributed by atoms with van der Waals surface area (Å²) in [4.78, 5) is 28.8. The summed E-state index contributed by atoms with van der Waals surface area (Å²) in [7, 11) is -4.05. The van der Waals surface area contributed by atoms with Crippen LogP contribution in [0.4, 0.5) is 5.69 Å². The number of nitrogens with zero attached hydrogens (tertiary/aromatic N) is 2. The van der Waals surface area contributed by atoms with Gasteiger partial charge in [0.15, 0.2) is 0 Å². The summed E-state index contributed by atoms with van der Waals surface area (Å²) in [5, 5.41) is 2.98. The first kappa shape index (κ1) is 28.9. The Kier molecular flexibility index (Phi) is 9.69. The molecule has 3 aromatic carbocycles. The number of para-hydroxylation sites is 1. The molecular weight excluding hydrogens is 498 g/mol. The van der Waals surface area contributed by atoms with Gasteiger partial charge in [0, 0.05) is 12.1 Å². The second kappa shape index (κ2) is 12.7. The van der Waals surface area contributed by atoms with E-state index in [9.17, 15) is 18.0 Å². The molecule has 202 valence electrons. The van der Waals surface area contributed by atoms with Gasteiger partial charge in [0.2, 0.25) is 11.8 Å². The number of hydrogen-bond acceptors (Lipinski definition) is 4. The minimum atomic E-state index is -4.05. The molecule has 2 amide bonds. The first-order valence-electron chi connectivity index (χ1n) is 12.8. The van der Waals surface area contributed by atoms with E-state index in [0.29, 0.717) is 18.5 Å². The average molecular weight is 536 g/mol. The van der Waals surface area contributed by atoms with Crippen molar-refractivity contribution >= 4 is 27.5 Å². The van der Waals surface area contributed by atoms with Crippen molar-refractivity contribution in [3.8, 4) is 0 Å². The van der Waals surface area contributed by atoms with Gasteiger partial charge in [-0.15, -0.1) is 0 Å². The van der Waals surface area contributed by atoms with Crippen LogP contribution in [0.25, 0.3) is 0 Å². The van der Waals surface area contributed by atoms with Gasteiger partial charge in [-0.05, 0) is 63.4 Å². The van der Waals surface area contributed by atoms with Gasteiger partial charge in [-0.3, -0.25) is 13.9 Å². The fraction of sp³-hybridized carbons (Fsp3) is 0.333. The number of sulfonamides is 1. The molecular formula is C30H37N3O4S. The van der Waals surface area contributed by atoms with Gasteiger partial charge in [0.05, 0.1) is 10.6 Å². The molecule has 0 unspecified atom stereocenters. The van der Waals surface area contributed by atoms with Crippen LogP contribution >= 0.6 is 0 Å². The summed E-state index contributed by atoms with van der Waals surface area (Å²) in [5.74, 6) is -0.709. The number of carbonyl (C=O) groups excluding carboxylic acids is 2. The van der Waals surface area contributed by atoms with E-state index in [1.807, 2.05) is 58.0 Å². The van der Waals surface area contributed by atoms with Crippen LogP contribution in [0.1, 0.15) is 39.7 Å². The zero-order valence-corrected chi connectivity index (χ0v) is 23.3. The Morgan fingerprint density at radius 1 is 0.842 bits per heavy atom. The zero-order valence-electron chi connectivity index (χ0n) is 22.5. The number of anilines is 1. The molecule has 0 fully saturated rings. The number of nitrogens with one attached hydrogen (secondary N) is 1. The third-order valence-electron chi connectivity index (χ3n) is 6.02. The third-order valence-corrected chi connectivity index (χ3v) is 7.81. The normalized spacial score (nSPS) is 12.4. The monoisotopic (exact) mass is 535 g/mol. The van der Waals surface area contributed by atoms with Gasteiger partial charge in [-0.25, -0.2) is 8.42 Å². The lowest BCUT2D eigenvalue weighted by Crippen LogP contribution is -2.56. The molecule has 0 bridgehead atoms. The lowest BCUT2D eigenvalue weighted by atomic mass is 10.1. The Labute approximate surface area is 226 Å². The van der Waals surface area contributed by atoms with E-state index in [2.05, 4.69) is 5.32 Å². The van der Waals surface area contributed by atoms with Crippen LogP contribution in [-0.4, -0.2) is 49.8 Å². The van der Waals surface area contributed by atoms with Gasteiger partial charge >= 0.3 is 0 Å². The second-order valence-electron chi connectivity index (χ2n) is 10.1. The Hall–Kier alpha value is -3.65. The van der Waals surface area contributed by atoms with Crippen LogP contribution in [-0.2, 0) is 26.0 Å². The van der Waals surface area contributed by atoms with E-state index in [-0.39, 0.29) is 17.3 Å². The quantitative estimate of drug-likeness (QED) is 0.387. The van der Waals surface area contributed by atoms with Gasteiger partial charge in [-0.1, -0.05) is 73.7 Å². The molecule has 7 nitrogen and oxygen atoms in total. The molecule has 0 aromatic heterocycles. The molecule has 8 heteroatoms. The summed E-state index contributed by atoms with van der Waals surface area (Å²) in [6, 6.07) is 25.6. The van der Waals surface area contributed by atoms with Crippen LogP contribution < -0.4 is 9.62 Å². The molecule has 0 radical (unpaired) electrons. The number of carbonyl (C=O) groups is 2. The maximum absolute atomic E-state index is 13.9. The molecule has 0 heterocycles. The highest BCUT2D eigenvalue weighted by molar-refractivity contribution is 7.92. The van der Waals surface area contributed by atoms with E-state index in [4.69, 9.17) is 0 Å². The Morgan fingerprint density at radius 2 is 1.37 bits per heavy atom. The largest absolute Gasteiger partial charge is 0.350 e. The van der Waals surface area contributed by atoms with Crippen molar-refractivity contribution in [3.63, 3.8) is 0 Å². The lowest BCUT2D eigenvalue weighted by Gasteiger charge is -2.34. The van der Waals surface area contributed by atoms with E-state index in [1.54, 1.807) is 48.5 Å². The maximum atomic E-state index is 13.9. The predicted molar refractivity (Wildman–Crippen MR) is 151 cm³/mol. The summed E-state index contributed by atoms with van der Waals surface area (Å²) >= 11 is 0. The number of rotatable bonds is 11. The molecule has 38 heavy (non-hydrogen) atoms. The average Bonchev–Trinajstić information content (AvgIpc) is 2.90. The lowest BCUT2D eigenvalue weighted by molar-refractivity contribution is -0.140. The highest BCUT2D eigenvalue weighted by atomic mass is 32.2. The summed E-state index contributed by atoms with van der Waals surface area (Å²) in [6.07, 6.45) is 0.919. The van der Waals surface area contributed by atoms with Crippen molar-refractivity contribution in [1.82, 2.24) is 10.2 Å². The minimum Gasteiger partial charge on any atom is -0.350 e. The molecule has 0 saturated heterocycles. The SMILES string of the molecule is CC[C@H](C(=O)NC(C)(C)C)N(CCc1ccccc1)C(=O)CN(c1ccccc1)S(=O)(=O)c1ccccc1. The predicted octanol–water partition coefficient (Wildman–Crippen LogP) is 4.65. The topological polar surface area (TPSA) is 86.8 Å². The zero-order chi connectivity index (χ0) is 27.8. The Morgan fingerprint density at radius 3 is 1.89 bits per heavy atom. The molecule has 3 aromatic rings. The molecule has 0 spiro atoms. The van der Waals surface area contributed by atoms with Gasteiger partial charge in [0.1, 0.15) is 12.6 Å². The number of amides is 2. The second-order valence-corrected chi connectivity index (χ2v) is 12.0. The van der Waals surface area contributed by atoms with Crippen molar-refractivity contribution in [1.29, 1.82) is 0 Å². The van der Waals surface area contributed by atoms with Gasteiger partial charge < -0.3 is 10.2 Å². The summed E-state index contributed by atoms with van der Waals surface area (Å²) in [5.41, 5.74) is 0.916. The van der Waals surface area contributed by atoms with Crippen LogP contribution in [0.5, 0.6) is 0 Å².